The summed E-state index contributed by atoms with van der Waals surface area (Å²) in [6.07, 6.45) is 9.12. The molecular weight excluding hydrogens is 451 g/mol. The van der Waals surface area contributed by atoms with Crippen LogP contribution >= 0.6 is 24.8 Å². The molecule has 0 amide bonds. The summed E-state index contributed by atoms with van der Waals surface area (Å²) in [5.74, 6) is 0.266. The molecule has 1 aliphatic carbocycles. The number of benzene rings is 2. The first-order valence-corrected chi connectivity index (χ1v) is 12.2. The van der Waals surface area contributed by atoms with Gasteiger partial charge in [-0.1, -0.05) is 79.9 Å². The lowest BCUT2D eigenvalue weighted by atomic mass is 9.70. The van der Waals surface area contributed by atoms with Gasteiger partial charge in [-0.2, -0.15) is 0 Å². The maximum atomic E-state index is 11.9. The van der Waals surface area contributed by atoms with Crippen LogP contribution in [0.25, 0.3) is 0 Å². The van der Waals surface area contributed by atoms with E-state index in [4.69, 9.17) is 0 Å². The van der Waals surface area contributed by atoms with Gasteiger partial charge in [0.1, 0.15) is 0 Å². The Labute approximate surface area is 213 Å². The van der Waals surface area contributed by atoms with Crippen LogP contribution in [0.1, 0.15) is 56.1 Å². The minimum absolute atomic E-state index is 0. The SMILES string of the molecule is CN(C)CC1CN(C2(c3ccccc3)CCCCC2)CCC1(O)CCc1ccccc1.Cl.Cl. The van der Waals surface area contributed by atoms with Crippen LogP contribution in [-0.2, 0) is 12.0 Å². The number of likely N-dealkylation sites (tertiary alicyclic amines) is 1. The third-order valence-corrected chi connectivity index (χ3v) is 7.89. The minimum Gasteiger partial charge on any atom is -0.389 e. The molecule has 1 N–H and O–H groups in total. The molecule has 2 aromatic rings. The van der Waals surface area contributed by atoms with Gasteiger partial charge in [0.05, 0.1) is 5.60 Å². The van der Waals surface area contributed by atoms with Gasteiger partial charge >= 0.3 is 0 Å². The van der Waals surface area contributed by atoms with Crippen LogP contribution in [0.5, 0.6) is 0 Å². The molecule has 1 heterocycles. The molecule has 1 saturated carbocycles. The van der Waals surface area contributed by atoms with Crippen LogP contribution < -0.4 is 0 Å². The van der Waals surface area contributed by atoms with E-state index in [9.17, 15) is 5.11 Å². The summed E-state index contributed by atoms with van der Waals surface area (Å²) in [6, 6.07) is 21.8. The summed E-state index contributed by atoms with van der Waals surface area (Å²) >= 11 is 0. The number of rotatable bonds is 7. The molecule has 2 fully saturated rings. The average molecular weight is 494 g/mol. The zero-order valence-corrected chi connectivity index (χ0v) is 21.9. The Hall–Kier alpha value is -1.10. The van der Waals surface area contributed by atoms with E-state index in [1.54, 1.807) is 0 Å². The highest BCUT2D eigenvalue weighted by Gasteiger charge is 2.48. The third-order valence-electron chi connectivity index (χ3n) is 7.89. The summed E-state index contributed by atoms with van der Waals surface area (Å²) < 4.78 is 0. The fraction of sp³-hybridized carbons (Fsp3) is 0.571. The number of piperidine rings is 1. The lowest BCUT2D eigenvalue weighted by molar-refractivity contribution is -0.113. The Morgan fingerprint density at radius 2 is 1.48 bits per heavy atom. The van der Waals surface area contributed by atoms with Crippen molar-refractivity contribution in [1.82, 2.24) is 9.80 Å². The Bertz CT molecular complexity index is 811. The normalized spacial score (nSPS) is 25.2. The standard InChI is InChI=1S/C28H40N2O.2ClH/c1-29(2)22-26-23-30(21-20-28(26,31)19-16-24-12-6-3-7-13-24)27(17-10-5-11-18-27)25-14-8-4-9-15-25;;/h3-4,6-9,12-15,26,31H,5,10-11,16-23H2,1-2H3;2*1H. The minimum atomic E-state index is -0.594. The summed E-state index contributed by atoms with van der Waals surface area (Å²) in [7, 11) is 4.29. The summed E-state index contributed by atoms with van der Waals surface area (Å²) in [6.45, 7) is 2.91. The molecule has 0 aromatic heterocycles. The molecule has 0 radical (unpaired) electrons. The van der Waals surface area contributed by atoms with E-state index in [-0.39, 0.29) is 36.3 Å². The topological polar surface area (TPSA) is 26.7 Å². The van der Waals surface area contributed by atoms with E-state index in [1.165, 1.54) is 43.2 Å². The number of nitrogens with zero attached hydrogens (tertiary/aromatic N) is 2. The Balaban J connectivity index is 0.00000193. The molecule has 0 spiro atoms. The molecule has 1 saturated heterocycles. The van der Waals surface area contributed by atoms with Crippen molar-refractivity contribution in [1.29, 1.82) is 0 Å². The van der Waals surface area contributed by atoms with Crippen LogP contribution in [-0.4, -0.2) is 54.2 Å². The lowest BCUT2D eigenvalue weighted by Crippen LogP contribution is -2.60. The zero-order chi connectivity index (χ0) is 21.7. The van der Waals surface area contributed by atoms with Crippen molar-refractivity contribution in [2.45, 2.75) is 62.5 Å². The first kappa shape index (κ1) is 28.1. The first-order chi connectivity index (χ1) is 15.0. The predicted molar refractivity (Wildman–Crippen MR) is 144 cm³/mol. The van der Waals surface area contributed by atoms with Crippen LogP contribution in [0.4, 0.5) is 0 Å². The van der Waals surface area contributed by atoms with Gasteiger partial charge in [-0.25, -0.2) is 0 Å². The zero-order valence-electron chi connectivity index (χ0n) is 20.3. The third kappa shape index (κ3) is 6.52. The number of halogens is 2. The van der Waals surface area contributed by atoms with Gasteiger partial charge in [0.2, 0.25) is 0 Å². The van der Waals surface area contributed by atoms with Crippen molar-refractivity contribution < 1.29 is 5.11 Å². The molecule has 1 aliphatic heterocycles. The van der Waals surface area contributed by atoms with E-state index >= 15 is 0 Å². The molecule has 2 aromatic carbocycles. The Morgan fingerprint density at radius 1 is 0.879 bits per heavy atom. The van der Waals surface area contributed by atoms with Gasteiger partial charge in [-0.3, -0.25) is 4.90 Å². The molecule has 0 bridgehead atoms. The van der Waals surface area contributed by atoms with E-state index in [0.29, 0.717) is 0 Å². The van der Waals surface area contributed by atoms with Crippen molar-refractivity contribution in [3.63, 3.8) is 0 Å². The highest BCUT2D eigenvalue weighted by atomic mass is 35.5. The maximum absolute atomic E-state index is 11.9. The average Bonchev–Trinajstić information content (AvgIpc) is 2.81. The Morgan fingerprint density at radius 3 is 2.09 bits per heavy atom. The number of aliphatic hydroxyl groups is 1. The molecule has 2 atom stereocenters. The molecular formula is C28H42Cl2N2O. The number of hydrogen-bond donors (Lipinski definition) is 1. The lowest BCUT2D eigenvalue weighted by Gasteiger charge is -2.54. The van der Waals surface area contributed by atoms with E-state index < -0.39 is 5.60 Å². The van der Waals surface area contributed by atoms with E-state index in [1.807, 2.05) is 0 Å². The monoisotopic (exact) mass is 492 g/mol. The Kier molecular flexibility index (Phi) is 10.7. The molecule has 5 heteroatoms. The summed E-state index contributed by atoms with van der Waals surface area (Å²) in [5, 5.41) is 11.9. The van der Waals surface area contributed by atoms with Crippen LogP contribution in [0.15, 0.2) is 60.7 Å². The van der Waals surface area contributed by atoms with Crippen molar-refractivity contribution >= 4 is 24.8 Å². The number of aryl methyl sites for hydroxylation is 1. The summed E-state index contributed by atoms with van der Waals surface area (Å²) in [4.78, 5) is 5.02. The van der Waals surface area contributed by atoms with Gasteiger partial charge < -0.3 is 10.0 Å². The van der Waals surface area contributed by atoms with E-state index in [0.717, 1.165) is 38.9 Å². The largest absolute Gasteiger partial charge is 0.389 e. The highest BCUT2D eigenvalue weighted by molar-refractivity contribution is 5.85. The second-order valence-corrected chi connectivity index (χ2v) is 10.2. The second kappa shape index (κ2) is 12.6. The maximum Gasteiger partial charge on any atom is 0.0715 e. The molecule has 33 heavy (non-hydrogen) atoms. The van der Waals surface area contributed by atoms with Gasteiger partial charge in [0.25, 0.3) is 0 Å². The molecule has 2 aliphatic rings. The molecule has 3 nitrogen and oxygen atoms in total. The van der Waals surface area contributed by atoms with E-state index in [2.05, 4.69) is 84.6 Å². The molecule has 2 unspecified atom stereocenters. The predicted octanol–water partition coefficient (Wildman–Crippen LogP) is 5.94. The van der Waals surface area contributed by atoms with Gasteiger partial charge in [-0.15, -0.1) is 24.8 Å². The number of hydrogen-bond acceptors (Lipinski definition) is 3. The second-order valence-electron chi connectivity index (χ2n) is 10.2. The van der Waals surface area contributed by atoms with Crippen molar-refractivity contribution in [2.24, 2.45) is 5.92 Å². The quantitative estimate of drug-likeness (QED) is 0.518. The van der Waals surface area contributed by atoms with Crippen LogP contribution in [0.3, 0.4) is 0 Å². The van der Waals surface area contributed by atoms with Gasteiger partial charge in [0.15, 0.2) is 0 Å². The summed E-state index contributed by atoms with van der Waals surface area (Å²) in [5.41, 5.74) is 2.36. The fourth-order valence-corrected chi connectivity index (χ4v) is 6.12. The smallest absolute Gasteiger partial charge is 0.0715 e. The van der Waals surface area contributed by atoms with Gasteiger partial charge in [-0.05, 0) is 57.3 Å². The first-order valence-electron chi connectivity index (χ1n) is 12.2. The highest BCUT2D eigenvalue weighted by Crippen LogP contribution is 2.46. The fourth-order valence-electron chi connectivity index (χ4n) is 6.12. The van der Waals surface area contributed by atoms with Crippen LogP contribution in [0.2, 0.25) is 0 Å². The van der Waals surface area contributed by atoms with Crippen molar-refractivity contribution in [2.75, 3.05) is 33.7 Å². The molecule has 4 rings (SSSR count). The van der Waals surface area contributed by atoms with Crippen LogP contribution in [0, 0.1) is 5.92 Å². The van der Waals surface area contributed by atoms with Crippen molar-refractivity contribution in [3.05, 3.63) is 71.8 Å². The van der Waals surface area contributed by atoms with Gasteiger partial charge in [0, 0.05) is 31.1 Å². The van der Waals surface area contributed by atoms with Crippen molar-refractivity contribution in [3.8, 4) is 0 Å². The molecule has 184 valence electrons.